The van der Waals surface area contributed by atoms with Crippen LogP contribution in [0.5, 0.6) is 23.3 Å². The molecule has 10 heteroatoms. The minimum absolute atomic E-state index is 0.00597. The number of phenols is 2. The third-order valence-corrected chi connectivity index (χ3v) is 4.61. The van der Waals surface area contributed by atoms with Crippen LogP contribution in [0.3, 0.4) is 0 Å². The van der Waals surface area contributed by atoms with Crippen molar-refractivity contribution >= 4 is 6.09 Å². The minimum Gasteiger partial charge on any atom is -0.508 e. The first kappa shape index (κ1) is 21.8. The predicted molar refractivity (Wildman–Crippen MR) is 112 cm³/mol. The molecule has 1 amide bonds. The van der Waals surface area contributed by atoms with E-state index in [2.05, 4.69) is 15.5 Å². The van der Waals surface area contributed by atoms with Crippen molar-refractivity contribution in [2.24, 2.45) is 0 Å². The third-order valence-electron chi connectivity index (χ3n) is 4.61. The molecule has 1 heterocycles. The van der Waals surface area contributed by atoms with Crippen molar-refractivity contribution in [1.82, 2.24) is 20.1 Å². The Morgan fingerprint density at radius 3 is 2.45 bits per heavy atom. The molecule has 0 radical (unpaired) electrons. The van der Waals surface area contributed by atoms with Gasteiger partial charge in [-0.2, -0.15) is 0 Å². The fourth-order valence-corrected chi connectivity index (χ4v) is 3.07. The molecule has 3 rings (SSSR count). The second kappa shape index (κ2) is 9.24. The zero-order chi connectivity index (χ0) is 22.5. The van der Waals surface area contributed by atoms with E-state index in [1.165, 1.54) is 10.6 Å². The van der Waals surface area contributed by atoms with Gasteiger partial charge in [0.25, 0.3) is 0 Å². The van der Waals surface area contributed by atoms with E-state index in [4.69, 9.17) is 9.84 Å². The molecule has 0 saturated heterocycles. The fourth-order valence-electron chi connectivity index (χ4n) is 3.07. The molecular formula is C21H24N4O6. The van der Waals surface area contributed by atoms with Crippen LogP contribution in [0.4, 0.5) is 4.79 Å². The van der Waals surface area contributed by atoms with Gasteiger partial charge in [-0.15, -0.1) is 5.10 Å². The summed E-state index contributed by atoms with van der Waals surface area (Å²) in [5.41, 5.74) is 1.49. The summed E-state index contributed by atoms with van der Waals surface area (Å²) in [7, 11) is 0. The van der Waals surface area contributed by atoms with Crippen LogP contribution < -0.4 is 10.1 Å². The number of hydrogen-bond acceptors (Lipinski definition) is 7. The average molecular weight is 428 g/mol. The number of nitrogens with zero attached hydrogens (tertiary/aromatic N) is 3. The SMILES string of the molecule is CC(C)c1cc(-c2nnc(O)n2-c2ccc(OCCCNC(=O)O)cc2)c(O)cc1O. The highest BCUT2D eigenvalue weighted by molar-refractivity contribution is 5.69. The van der Waals surface area contributed by atoms with Gasteiger partial charge in [-0.05, 0) is 48.2 Å². The van der Waals surface area contributed by atoms with E-state index >= 15 is 0 Å². The van der Waals surface area contributed by atoms with E-state index in [0.717, 1.165) is 0 Å². The number of aromatic hydroxyl groups is 3. The van der Waals surface area contributed by atoms with Crippen LogP contribution in [0.15, 0.2) is 36.4 Å². The number of rotatable bonds is 8. The summed E-state index contributed by atoms with van der Waals surface area (Å²) in [6.45, 7) is 4.45. The lowest BCUT2D eigenvalue weighted by molar-refractivity contribution is 0.193. The number of phenolic OH excluding ortho intramolecular Hbond substituents is 2. The molecule has 31 heavy (non-hydrogen) atoms. The number of nitrogens with one attached hydrogen (secondary N) is 1. The quantitative estimate of drug-likeness (QED) is 0.343. The van der Waals surface area contributed by atoms with Crippen molar-refractivity contribution in [2.45, 2.75) is 26.2 Å². The molecule has 0 atom stereocenters. The summed E-state index contributed by atoms with van der Waals surface area (Å²) >= 11 is 0. The molecule has 0 unspecified atom stereocenters. The molecule has 2 aromatic carbocycles. The first-order valence-corrected chi connectivity index (χ1v) is 9.68. The number of amides is 1. The first-order chi connectivity index (χ1) is 14.8. The molecule has 5 N–H and O–H groups in total. The van der Waals surface area contributed by atoms with Crippen LogP contribution in [0.1, 0.15) is 31.7 Å². The largest absolute Gasteiger partial charge is 0.508 e. The maximum absolute atomic E-state index is 10.4. The van der Waals surface area contributed by atoms with Crippen molar-refractivity contribution in [1.29, 1.82) is 0 Å². The van der Waals surface area contributed by atoms with Crippen molar-refractivity contribution in [3.8, 4) is 40.3 Å². The number of carboxylic acid groups (broad SMARTS) is 1. The lowest BCUT2D eigenvalue weighted by Gasteiger charge is -2.14. The number of ether oxygens (including phenoxy) is 1. The average Bonchev–Trinajstić information content (AvgIpc) is 3.09. The lowest BCUT2D eigenvalue weighted by atomic mass is 9.98. The Labute approximate surface area is 178 Å². The van der Waals surface area contributed by atoms with Gasteiger partial charge in [0.2, 0.25) is 0 Å². The van der Waals surface area contributed by atoms with E-state index in [1.54, 1.807) is 30.3 Å². The molecule has 164 valence electrons. The highest BCUT2D eigenvalue weighted by Gasteiger charge is 2.20. The maximum atomic E-state index is 10.4. The second-order valence-corrected chi connectivity index (χ2v) is 7.17. The highest BCUT2D eigenvalue weighted by Crippen LogP contribution is 2.38. The molecule has 0 fully saturated rings. The van der Waals surface area contributed by atoms with Gasteiger partial charge in [-0.25, -0.2) is 9.36 Å². The van der Waals surface area contributed by atoms with Crippen molar-refractivity contribution in [3.63, 3.8) is 0 Å². The Morgan fingerprint density at radius 1 is 1.10 bits per heavy atom. The Kier molecular flexibility index (Phi) is 6.49. The number of benzene rings is 2. The van der Waals surface area contributed by atoms with Crippen LogP contribution in [-0.4, -0.2) is 54.4 Å². The van der Waals surface area contributed by atoms with Gasteiger partial charge in [0, 0.05) is 12.6 Å². The topological polar surface area (TPSA) is 150 Å². The molecule has 1 aromatic heterocycles. The van der Waals surface area contributed by atoms with Crippen molar-refractivity contribution < 1.29 is 30.0 Å². The van der Waals surface area contributed by atoms with E-state index in [9.17, 15) is 20.1 Å². The van der Waals surface area contributed by atoms with Gasteiger partial charge in [0.1, 0.15) is 17.2 Å². The summed E-state index contributed by atoms with van der Waals surface area (Å²) in [5.74, 6) is 0.580. The summed E-state index contributed by atoms with van der Waals surface area (Å²) in [6, 6.07) is 9.28. The van der Waals surface area contributed by atoms with Crippen molar-refractivity contribution in [2.75, 3.05) is 13.2 Å². The molecule has 0 bridgehead atoms. The molecule has 0 saturated carbocycles. The van der Waals surface area contributed by atoms with Gasteiger partial charge in [0.15, 0.2) is 5.82 Å². The lowest BCUT2D eigenvalue weighted by Crippen LogP contribution is -2.23. The molecule has 10 nitrogen and oxygen atoms in total. The number of carbonyl (C=O) groups is 1. The van der Waals surface area contributed by atoms with Gasteiger partial charge in [-0.1, -0.05) is 18.9 Å². The molecular weight excluding hydrogens is 404 g/mol. The molecule has 0 aliphatic rings. The maximum Gasteiger partial charge on any atom is 0.404 e. The zero-order valence-corrected chi connectivity index (χ0v) is 17.1. The summed E-state index contributed by atoms with van der Waals surface area (Å²) in [5, 5.41) is 49.2. The summed E-state index contributed by atoms with van der Waals surface area (Å²) in [4.78, 5) is 10.4. The summed E-state index contributed by atoms with van der Waals surface area (Å²) in [6.07, 6.45) is -0.558. The smallest absolute Gasteiger partial charge is 0.404 e. The van der Waals surface area contributed by atoms with Crippen LogP contribution in [0.25, 0.3) is 17.1 Å². The van der Waals surface area contributed by atoms with Crippen LogP contribution in [-0.2, 0) is 0 Å². The Hall–Kier alpha value is -3.95. The monoisotopic (exact) mass is 428 g/mol. The predicted octanol–water partition coefficient (Wildman–Crippen LogP) is 3.21. The number of hydrogen-bond donors (Lipinski definition) is 5. The van der Waals surface area contributed by atoms with Gasteiger partial charge in [0.05, 0.1) is 17.9 Å². The highest BCUT2D eigenvalue weighted by atomic mass is 16.5. The first-order valence-electron chi connectivity index (χ1n) is 9.68. The Balaban J connectivity index is 1.83. The Morgan fingerprint density at radius 2 is 1.81 bits per heavy atom. The van der Waals surface area contributed by atoms with E-state index in [-0.39, 0.29) is 29.3 Å². The molecule has 0 spiro atoms. The normalized spacial score (nSPS) is 10.9. The summed E-state index contributed by atoms with van der Waals surface area (Å²) < 4.78 is 6.95. The third kappa shape index (κ3) is 4.97. The fraction of sp³-hybridized carbons (Fsp3) is 0.286. The van der Waals surface area contributed by atoms with Crippen molar-refractivity contribution in [3.05, 3.63) is 42.0 Å². The second-order valence-electron chi connectivity index (χ2n) is 7.17. The minimum atomic E-state index is -1.07. The van der Waals surface area contributed by atoms with E-state index < -0.39 is 6.09 Å². The van der Waals surface area contributed by atoms with E-state index in [1.807, 2.05) is 13.8 Å². The number of aromatic nitrogens is 3. The standard InChI is InChI=1S/C21H24N4O6/c1-12(2)15-10-16(18(27)11-17(15)26)19-23-24-20(28)25(19)13-4-6-14(7-5-13)31-9-3-8-22-21(29)30/h4-7,10-12,22,26-27H,3,8-9H2,1-2H3,(H,24,28)(H,29,30). The van der Waals surface area contributed by atoms with E-state index in [0.29, 0.717) is 42.1 Å². The zero-order valence-electron chi connectivity index (χ0n) is 17.1. The molecule has 3 aromatic rings. The van der Waals surface area contributed by atoms with Crippen LogP contribution in [0.2, 0.25) is 0 Å². The van der Waals surface area contributed by atoms with Gasteiger partial charge in [-0.3, -0.25) is 0 Å². The van der Waals surface area contributed by atoms with Crippen LogP contribution >= 0.6 is 0 Å². The molecule has 0 aliphatic heterocycles. The molecule has 0 aliphatic carbocycles. The van der Waals surface area contributed by atoms with Gasteiger partial charge >= 0.3 is 12.1 Å². The van der Waals surface area contributed by atoms with Crippen LogP contribution in [0, 0.1) is 0 Å². The Bertz CT molecular complexity index is 1060. The van der Waals surface area contributed by atoms with Gasteiger partial charge < -0.3 is 30.5 Å².